The number of nitrogens with zero attached hydrogens (tertiary/aromatic N) is 2. The number of aliphatic hydroxyl groups is 1. The van der Waals surface area contributed by atoms with Crippen molar-refractivity contribution in [2.24, 2.45) is 0 Å². The Hall–Kier alpha value is -3.32. The second kappa shape index (κ2) is 13.7. The van der Waals surface area contributed by atoms with Gasteiger partial charge in [-0.15, -0.1) is 0 Å². The number of urea groups is 1. The van der Waals surface area contributed by atoms with E-state index in [1.165, 1.54) is 25.2 Å². The summed E-state index contributed by atoms with van der Waals surface area (Å²) in [6.07, 6.45) is -1.01. The van der Waals surface area contributed by atoms with Crippen LogP contribution in [0.25, 0.3) is 10.8 Å². The fraction of sp³-hybridized carbons (Fsp3) is 0.292. The van der Waals surface area contributed by atoms with Crippen LogP contribution in [0.15, 0.2) is 54.7 Å². The van der Waals surface area contributed by atoms with Crippen LogP contribution in [-0.4, -0.2) is 69.3 Å². The lowest BCUT2D eigenvalue weighted by atomic mass is 10.1. The molecular weight excluding hydrogens is 558 g/mol. The topological polar surface area (TPSA) is 171 Å². The molecule has 2 aromatic carbocycles. The van der Waals surface area contributed by atoms with E-state index in [1.807, 2.05) is 24.3 Å². The first kappa shape index (κ1) is 30.2. The first-order valence-corrected chi connectivity index (χ1v) is 13.4. The summed E-state index contributed by atoms with van der Waals surface area (Å²) in [5.41, 5.74) is 0.323. The number of ether oxygens (including phenoxy) is 1. The molecule has 0 spiro atoms. The van der Waals surface area contributed by atoms with Crippen LogP contribution < -0.4 is 10.6 Å². The van der Waals surface area contributed by atoms with E-state index in [9.17, 15) is 23.7 Å². The molecule has 0 aliphatic heterocycles. The Morgan fingerprint density at radius 1 is 1.15 bits per heavy atom. The number of amides is 3. The lowest BCUT2D eigenvalue weighted by Crippen LogP contribution is -2.47. The van der Waals surface area contributed by atoms with Gasteiger partial charge in [-0.3, -0.25) is 9.84 Å². The van der Waals surface area contributed by atoms with Crippen molar-refractivity contribution in [2.45, 2.75) is 25.1 Å². The van der Waals surface area contributed by atoms with Crippen molar-refractivity contribution in [3.05, 3.63) is 71.1 Å². The molecular formula is C24H27ClFN4O8P. The smallest absolute Gasteiger partial charge is 0.447 e. The molecule has 3 aromatic rings. The minimum atomic E-state index is -4.85. The predicted octanol–water partition coefficient (Wildman–Crippen LogP) is 3.65. The summed E-state index contributed by atoms with van der Waals surface area (Å²) in [4.78, 5) is 48.3. The predicted molar refractivity (Wildman–Crippen MR) is 141 cm³/mol. The number of carbonyl (C=O) groups is 2. The number of phosphoric acid groups is 1. The molecule has 0 radical (unpaired) electrons. The molecule has 3 amide bonds. The Kier molecular flexibility index (Phi) is 10.6. The first-order chi connectivity index (χ1) is 18.4. The van der Waals surface area contributed by atoms with Crippen molar-refractivity contribution < 1.29 is 42.7 Å². The standard InChI is InChI=1S/C24H27ClFN4O8P/c1-30(23(32)28-12-17-7-4-8-20(26)22(17)25)18(10-19(31)14-38-39(34,35)36)13-37-24(33)29-21-9-15-5-2-3-6-16(15)11-27-21/h2-9,11,18-19,31H,10,12-14H2,1H3,(H,28,32)(H,27,29,33)(H2,34,35,36)/t18-,19?/m0/s1. The van der Waals surface area contributed by atoms with Gasteiger partial charge in [0, 0.05) is 25.2 Å². The van der Waals surface area contributed by atoms with Crippen molar-refractivity contribution >= 4 is 48.1 Å². The number of rotatable bonds is 11. The number of aromatic nitrogens is 1. The maximum Gasteiger partial charge on any atom is 0.469 e. The quantitative estimate of drug-likeness (QED) is 0.211. The fourth-order valence-electron chi connectivity index (χ4n) is 3.51. The Bertz CT molecular complexity index is 1360. The molecule has 2 atom stereocenters. The maximum atomic E-state index is 13.7. The lowest BCUT2D eigenvalue weighted by molar-refractivity contribution is 0.0452. The average Bonchev–Trinajstić information content (AvgIpc) is 2.89. The van der Waals surface area contributed by atoms with Gasteiger partial charge in [0.1, 0.15) is 18.2 Å². The summed E-state index contributed by atoms with van der Waals surface area (Å²) >= 11 is 5.92. The van der Waals surface area contributed by atoms with Gasteiger partial charge in [0.05, 0.1) is 23.8 Å². The number of carbonyl (C=O) groups excluding carboxylic acids is 2. The zero-order valence-corrected chi connectivity index (χ0v) is 22.3. The number of nitrogens with one attached hydrogen (secondary N) is 2. The Balaban J connectivity index is 1.64. The van der Waals surface area contributed by atoms with Gasteiger partial charge < -0.3 is 29.8 Å². The molecule has 5 N–H and O–H groups in total. The van der Waals surface area contributed by atoms with Crippen LogP contribution in [0.5, 0.6) is 0 Å². The van der Waals surface area contributed by atoms with Gasteiger partial charge in [0.15, 0.2) is 0 Å². The number of hydrogen-bond donors (Lipinski definition) is 5. The number of anilines is 1. The van der Waals surface area contributed by atoms with Gasteiger partial charge in [-0.25, -0.2) is 23.5 Å². The Morgan fingerprint density at radius 2 is 1.87 bits per heavy atom. The highest BCUT2D eigenvalue weighted by atomic mass is 35.5. The highest BCUT2D eigenvalue weighted by Crippen LogP contribution is 2.36. The number of pyridine rings is 1. The van der Waals surface area contributed by atoms with E-state index in [-0.39, 0.29) is 23.8 Å². The molecule has 3 rings (SSSR count). The second-order valence-electron chi connectivity index (χ2n) is 8.45. The van der Waals surface area contributed by atoms with Crippen LogP contribution in [0.1, 0.15) is 12.0 Å². The lowest BCUT2D eigenvalue weighted by Gasteiger charge is -2.29. The Morgan fingerprint density at radius 3 is 2.59 bits per heavy atom. The fourth-order valence-corrected chi connectivity index (χ4v) is 4.07. The summed E-state index contributed by atoms with van der Waals surface area (Å²) in [5.74, 6) is -0.425. The molecule has 0 saturated carbocycles. The first-order valence-electron chi connectivity index (χ1n) is 11.5. The van der Waals surface area contributed by atoms with Crippen molar-refractivity contribution in [1.29, 1.82) is 0 Å². The molecule has 0 fully saturated rings. The third-order valence-corrected chi connectivity index (χ3v) is 6.49. The van der Waals surface area contributed by atoms with E-state index >= 15 is 0 Å². The number of aliphatic hydroxyl groups excluding tert-OH is 1. The molecule has 1 heterocycles. The summed E-state index contributed by atoms with van der Waals surface area (Å²) in [6, 6.07) is 11.5. The largest absolute Gasteiger partial charge is 0.469 e. The number of fused-ring (bicyclic) bond motifs is 1. The molecule has 0 bridgehead atoms. The van der Waals surface area contributed by atoms with Gasteiger partial charge >= 0.3 is 19.9 Å². The van der Waals surface area contributed by atoms with Gasteiger partial charge in [-0.1, -0.05) is 48.0 Å². The number of likely N-dealkylation sites (N-methyl/N-ethyl adjacent to an activating group) is 1. The van der Waals surface area contributed by atoms with Crippen LogP contribution in [0, 0.1) is 5.82 Å². The number of benzene rings is 2. The highest BCUT2D eigenvalue weighted by molar-refractivity contribution is 7.46. The average molecular weight is 585 g/mol. The van der Waals surface area contributed by atoms with Crippen LogP contribution in [-0.2, 0) is 20.4 Å². The summed E-state index contributed by atoms with van der Waals surface area (Å²) < 4.78 is 34.2. The minimum absolute atomic E-state index is 0.120. The van der Waals surface area contributed by atoms with Crippen LogP contribution in [0.2, 0.25) is 5.02 Å². The zero-order valence-electron chi connectivity index (χ0n) is 20.7. The molecule has 1 aromatic heterocycles. The SMILES string of the molecule is CN(C(=O)NCc1cccc(F)c1Cl)[C@H](COC(=O)Nc1cc2ccccc2cn1)CC(O)COP(=O)(O)O. The molecule has 210 valence electrons. The van der Waals surface area contributed by atoms with E-state index in [1.54, 1.807) is 12.3 Å². The monoisotopic (exact) mass is 584 g/mol. The van der Waals surface area contributed by atoms with Crippen molar-refractivity contribution in [1.82, 2.24) is 15.2 Å². The van der Waals surface area contributed by atoms with Crippen molar-refractivity contribution in [3.8, 4) is 0 Å². The van der Waals surface area contributed by atoms with Gasteiger partial charge in [-0.05, 0) is 29.5 Å². The number of halogens is 2. The number of hydrogen-bond acceptors (Lipinski definition) is 7. The van der Waals surface area contributed by atoms with E-state index in [2.05, 4.69) is 20.1 Å². The molecule has 0 saturated heterocycles. The van der Waals surface area contributed by atoms with Gasteiger partial charge in [-0.2, -0.15) is 0 Å². The van der Waals surface area contributed by atoms with Crippen LogP contribution in [0.4, 0.5) is 19.8 Å². The third kappa shape index (κ3) is 9.43. The summed E-state index contributed by atoms with van der Waals surface area (Å²) in [5, 5.41) is 16.8. The van der Waals surface area contributed by atoms with Crippen LogP contribution in [0.3, 0.4) is 0 Å². The van der Waals surface area contributed by atoms with E-state index < -0.39 is 51.1 Å². The minimum Gasteiger partial charge on any atom is -0.447 e. The molecule has 15 heteroatoms. The zero-order chi connectivity index (χ0) is 28.6. The molecule has 1 unspecified atom stereocenters. The van der Waals surface area contributed by atoms with Crippen molar-refractivity contribution in [2.75, 3.05) is 25.6 Å². The van der Waals surface area contributed by atoms with E-state index in [0.29, 0.717) is 5.56 Å². The van der Waals surface area contributed by atoms with Gasteiger partial charge in [0.25, 0.3) is 0 Å². The van der Waals surface area contributed by atoms with Crippen molar-refractivity contribution in [3.63, 3.8) is 0 Å². The molecule has 0 aliphatic rings. The molecule has 39 heavy (non-hydrogen) atoms. The third-order valence-electron chi connectivity index (χ3n) is 5.58. The van der Waals surface area contributed by atoms with Gasteiger partial charge in [0.2, 0.25) is 0 Å². The van der Waals surface area contributed by atoms with E-state index in [4.69, 9.17) is 26.1 Å². The van der Waals surface area contributed by atoms with E-state index in [0.717, 1.165) is 15.7 Å². The van der Waals surface area contributed by atoms with Crippen LogP contribution >= 0.6 is 19.4 Å². The highest BCUT2D eigenvalue weighted by Gasteiger charge is 2.26. The summed E-state index contributed by atoms with van der Waals surface area (Å²) in [7, 11) is -3.49. The number of phosphoric ester groups is 1. The Labute approximate surface area is 227 Å². The summed E-state index contributed by atoms with van der Waals surface area (Å²) in [6.45, 7) is -1.26. The molecule has 12 nitrogen and oxygen atoms in total. The normalized spacial score (nSPS) is 13.0. The second-order valence-corrected chi connectivity index (χ2v) is 10.1. The maximum absolute atomic E-state index is 13.7. The molecule has 0 aliphatic carbocycles.